The van der Waals surface area contributed by atoms with Crippen molar-refractivity contribution in [3.8, 4) is 0 Å². The molecule has 4 nitrogen and oxygen atoms in total. The zero-order valence-electron chi connectivity index (χ0n) is 8.98. The number of aromatic nitrogens is 3. The van der Waals surface area contributed by atoms with Crippen LogP contribution in [0.3, 0.4) is 0 Å². The Kier molecular flexibility index (Phi) is 4.09. The highest BCUT2D eigenvalue weighted by Crippen LogP contribution is 2.21. The van der Waals surface area contributed by atoms with Gasteiger partial charge in [0.25, 0.3) is 0 Å². The number of rotatable bonds is 5. The average Bonchev–Trinajstić information content (AvgIpc) is 2.83. The van der Waals surface area contributed by atoms with Crippen LogP contribution in [0.5, 0.6) is 0 Å². The lowest BCUT2D eigenvalue weighted by Gasteiger charge is -2.00. The SMILES string of the molecule is Cn1cnc(CCNCc2ccc(Br)s2)n1. The van der Waals surface area contributed by atoms with Gasteiger partial charge in [0.05, 0.1) is 3.79 Å². The Hall–Kier alpha value is -0.720. The first-order valence-electron chi connectivity index (χ1n) is 5.03. The minimum atomic E-state index is 0.868. The van der Waals surface area contributed by atoms with Crippen LogP contribution in [0.15, 0.2) is 22.2 Å². The van der Waals surface area contributed by atoms with Crippen molar-refractivity contribution in [3.63, 3.8) is 0 Å². The maximum absolute atomic E-state index is 4.22. The number of nitrogens with zero attached hydrogens (tertiary/aromatic N) is 3. The highest BCUT2D eigenvalue weighted by Gasteiger charge is 1.99. The van der Waals surface area contributed by atoms with E-state index in [0.29, 0.717) is 0 Å². The van der Waals surface area contributed by atoms with E-state index in [-0.39, 0.29) is 0 Å². The largest absolute Gasteiger partial charge is 0.311 e. The van der Waals surface area contributed by atoms with Gasteiger partial charge in [-0.05, 0) is 28.1 Å². The predicted octanol–water partition coefficient (Wildman–Crippen LogP) is 1.97. The Labute approximate surface area is 107 Å². The standard InChI is InChI=1S/C10H13BrN4S/c1-15-7-13-10(14-15)4-5-12-6-8-2-3-9(11)16-8/h2-3,7,12H,4-6H2,1H3. The highest BCUT2D eigenvalue weighted by atomic mass is 79.9. The monoisotopic (exact) mass is 300 g/mol. The number of halogens is 1. The van der Waals surface area contributed by atoms with E-state index in [1.54, 1.807) is 22.3 Å². The molecule has 0 fully saturated rings. The van der Waals surface area contributed by atoms with Crippen LogP contribution in [0.25, 0.3) is 0 Å². The second kappa shape index (κ2) is 5.56. The van der Waals surface area contributed by atoms with E-state index < -0.39 is 0 Å². The van der Waals surface area contributed by atoms with Crippen LogP contribution in [0.1, 0.15) is 10.7 Å². The molecule has 6 heteroatoms. The van der Waals surface area contributed by atoms with Crippen molar-refractivity contribution in [2.24, 2.45) is 7.05 Å². The number of aryl methyl sites for hydroxylation is 1. The van der Waals surface area contributed by atoms with E-state index in [1.807, 2.05) is 7.05 Å². The number of nitrogens with one attached hydrogen (secondary N) is 1. The molecule has 86 valence electrons. The molecule has 0 saturated heterocycles. The molecule has 1 N–H and O–H groups in total. The van der Waals surface area contributed by atoms with E-state index >= 15 is 0 Å². The van der Waals surface area contributed by atoms with Crippen LogP contribution in [0.4, 0.5) is 0 Å². The molecule has 0 radical (unpaired) electrons. The van der Waals surface area contributed by atoms with E-state index in [2.05, 4.69) is 43.5 Å². The van der Waals surface area contributed by atoms with Gasteiger partial charge in [-0.15, -0.1) is 11.3 Å². The molecule has 2 rings (SSSR count). The maximum Gasteiger partial charge on any atom is 0.151 e. The van der Waals surface area contributed by atoms with Crippen molar-refractivity contribution in [2.45, 2.75) is 13.0 Å². The molecular formula is C10H13BrN4S. The number of thiophene rings is 1. The smallest absolute Gasteiger partial charge is 0.151 e. The zero-order chi connectivity index (χ0) is 11.4. The lowest BCUT2D eigenvalue weighted by molar-refractivity contribution is 0.665. The van der Waals surface area contributed by atoms with Crippen molar-refractivity contribution in [2.75, 3.05) is 6.54 Å². The Morgan fingerprint density at radius 2 is 2.38 bits per heavy atom. The molecular weight excluding hydrogens is 288 g/mol. The number of hydrogen-bond donors (Lipinski definition) is 1. The van der Waals surface area contributed by atoms with Gasteiger partial charge in [0.15, 0.2) is 5.82 Å². The fourth-order valence-electron chi connectivity index (χ4n) is 1.36. The second-order valence-electron chi connectivity index (χ2n) is 3.47. The Bertz CT molecular complexity index is 409. The summed E-state index contributed by atoms with van der Waals surface area (Å²) in [6.07, 6.45) is 2.60. The second-order valence-corrected chi connectivity index (χ2v) is 6.01. The molecule has 2 heterocycles. The Balaban J connectivity index is 1.69. The average molecular weight is 301 g/mol. The van der Waals surface area contributed by atoms with Crippen molar-refractivity contribution >= 4 is 27.3 Å². The lowest BCUT2D eigenvalue weighted by atomic mass is 10.4. The summed E-state index contributed by atoms with van der Waals surface area (Å²) in [6.45, 7) is 1.81. The third-order valence-electron chi connectivity index (χ3n) is 2.10. The summed E-state index contributed by atoms with van der Waals surface area (Å²) in [4.78, 5) is 5.51. The van der Waals surface area contributed by atoms with E-state index in [1.165, 1.54) is 8.66 Å². The molecule has 0 unspecified atom stereocenters. The molecule has 0 saturated carbocycles. The van der Waals surface area contributed by atoms with Gasteiger partial charge in [-0.3, -0.25) is 4.68 Å². The van der Waals surface area contributed by atoms with Gasteiger partial charge in [-0.1, -0.05) is 0 Å². The molecule has 0 atom stereocenters. The van der Waals surface area contributed by atoms with Gasteiger partial charge in [0.2, 0.25) is 0 Å². The third-order valence-corrected chi connectivity index (χ3v) is 3.72. The molecule has 16 heavy (non-hydrogen) atoms. The normalized spacial score (nSPS) is 10.9. The summed E-state index contributed by atoms with van der Waals surface area (Å²) in [5.41, 5.74) is 0. The fourth-order valence-corrected chi connectivity index (χ4v) is 2.81. The minimum Gasteiger partial charge on any atom is -0.311 e. The quantitative estimate of drug-likeness (QED) is 0.859. The fraction of sp³-hybridized carbons (Fsp3) is 0.400. The summed E-state index contributed by atoms with van der Waals surface area (Å²) in [5.74, 6) is 0.891. The first-order chi connectivity index (χ1) is 7.74. The van der Waals surface area contributed by atoms with E-state index in [4.69, 9.17) is 0 Å². The summed E-state index contributed by atoms with van der Waals surface area (Å²) in [6, 6.07) is 4.20. The van der Waals surface area contributed by atoms with Crippen LogP contribution in [0.2, 0.25) is 0 Å². The van der Waals surface area contributed by atoms with Crippen molar-refractivity contribution in [1.82, 2.24) is 20.1 Å². The minimum absolute atomic E-state index is 0.868. The van der Waals surface area contributed by atoms with Crippen LogP contribution < -0.4 is 5.32 Å². The van der Waals surface area contributed by atoms with Crippen molar-refractivity contribution in [3.05, 3.63) is 32.9 Å². The van der Waals surface area contributed by atoms with Crippen LogP contribution in [-0.4, -0.2) is 21.3 Å². The lowest BCUT2D eigenvalue weighted by Crippen LogP contribution is -2.16. The predicted molar refractivity (Wildman–Crippen MR) is 68.4 cm³/mol. The van der Waals surface area contributed by atoms with Crippen LogP contribution in [-0.2, 0) is 20.0 Å². The van der Waals surface area contributed by atoms with Gasteiger partial charge in [-0.25, -0.2) is 4.98 Å². The Morgan fingerprint density at radius 1 is 1.50 bits per heavy atom. The van der Waals surface area contributed by atoms with Gasteiger partial charge >= 0.3 is 0 Å². The van der Waals surface area contributed by atoms with Crippen LogP contribution >= 0.6 is 27.3 Å². The maximum atomic E-state index is 4.22. The topological polar surface area (TPSA) is 42.7 Å². The van der Waals surface area contributed by atoms with Crippen LogP contribution in [0, 0.1) is 0 Å². The molecule has 0 aromatic carbocycles. The van der Waals surface area contributed by atoms with Gasteiger partial charge in [0.1, 0.15) is 6.33 Å². The number of hydrogen-bond acceptors (Lipinski definition) is 4. The van der Waals surface area contributed by atoms with Crippen molar-refractivity contribution < 1.29 is 0 Å². The molecule has 0 amide bonds. The Morgan fingerprint density at radius 3 is 3.00 bits per heavy atom. The van der Waals surface area contributed by atoms with Gasteiger partial charge < -0.3 is 5.32 Å². The molecule has 0 spiro atoms. The molecule has 2 aromatic heterocycles. The first-order valence-corrected chi connectivity index (χ1v) is 6.64. The first kappa shape index (κ1) is 11.8. The summed E-state index contributed by atoms with van der Waals surface area (Å²) < 4.78 is 2.90. The summed E-state index contributed by atoms with van der Waals surface area (Å²) >= 11 is 5.21. The highest BCUT2D eigenvalue weighted by molar-refractivity contribution is 9.11. The van der Waals surface area contributed by atoms with E-state index in [9.17, 15) is 0 Å². The third kappa shape index (κ3) is 3.40. The molecule has 0 aliphatic rings. The molecule has 0 aliphatic carbocycles. The molecule has 0 aliphatic heterocycles. The summed E-state index contributed by atoms with van der Waals surface area (Å²) in [5, 5.41) is 7.59. The summed E-state index contributed by atoms with van der Waals surface area (Å²) in [7, 11) is 1.88. The molecule has 2 aromatic rings. The molecule has 0 bridgehead atoms. The van der Waals surface area contributed by atoms with Crippen molar-refractivity contribution in [1.29, 1.82) is 0 Å². The van der Waals surface area contributed by atoms with Gasteiger partial charge in [-0.2, -0.15) is 5.10 Å². The zero-order valence-corrected chi connectivity index (χ0v) is 11.4. The van der Waals surface area contributed by atoms with Gasteiger partial charge in [0, 0.05) is 31.4 Å². The van der Waals surface area contributed by atoms with E-state index in [0.717, 1.165) is 25.3 Å².